The summed E-state index contributed by atoms with van der Waals surface area (Å²) in [5, 5.41) is 19.2. The maximum Gasteiger partial charge on any atom is 0.293 e. The number of hydrogen-bond acceptors (Lipinski definition) is 6. The lowest BCUT2D eigenvalue weighted by Crippen LogP contribution is -2.44. The highest BCUT2D eigenvalue weighted by atomic mass is 32.1. The number of benzene rings is 1. The van der Waals surface area contributed by atoms with Gasteiger partial charge in [0.1, 0.15) is 5.69 Å². The zero-order valence-electron chi connectivity index (χ0n) is 16.4. The number of nitro groups is 1. The number of hydrogen-bond donors (Lipinski definition) is 2. The minimum atomic E-state index is -0.452. The Hall–Kier alpha value is -2.94. The zero-order chi connectivity index (χ0) is 21.0. The highest BCUT2D eigenvalue weighted by Crippen LogP contribution is 2.31. The molecule has 0 radical (unpaired) electrons. The van der Waals surface area contributed by atoms with E-state index in [0.717, 1.165) is 0 Å². The smallest absolute Gasteiger partial charge is 0.293 e. The summed E-state index contributed by atoms with van der Waals surface area (Å²) in [7, 11) is 0. The van der Waals surface area contributed by atoms with E-state index in [4.69, 9.17) is 0 Å². The molecule has 1 fully saturated rings. The molecule has 1 aliphatic heterocycles. The van der Waals surface area contributed by atoms with Crippen LogP contribution in [0.3, 0.4) is 0 Å². The molecular formula is C20H24N4O4S. The third-order valence-electron chi connectivity index (χ3n) is 4.77. The fourth-order valence-corrected chi connectivity index (χ4v) is 3.98. The Kier molecular flexibility index (Phi) is 6.48. The van der Waals surface area contributed by atoms with E-state index in [1.54, 1.807) is 18.2 Å². The molecule has 0 spiro atoms. The number of rotatable bonds is 6. The van der Waals surface area contributed by atoms with Gasteiger partial charge in [-0.15, -0.1) is 11.3 Å². The third-order valence-corrected chi connectivity index (χ3v) is 5.64. The number of thiophene rings is 1. The second-order valence-electron chi connectivity index (χ2n) is 7.30. The van der Waals surface area contributed by atoms with Gasteiger partial charge in [0.25, 0.3) is 17.5 Å². The van der Waals surface area contributed by atoms with Gasteiger partial charge in [-0.25, -0.2) is 0 Å². The fraction of sp³-hybridized carbons (Fsp3) is 0.400. The first-order valence-corrected chi connectivity index (χ1v) is 10.4. The summed E-state index contributed by atoms with van der Waals surface area (Å²) in [5.74, 6) is -0.408. The Morgan fingerprint density at radius 3 is 2.52 bits per heavy atom. The lowest BCUT2D eigenvalue weighted by Gasteiger charge is -2.33. The van der Waals surface area contributed by atoms with E-state index in [-0.39, 0.29) is 35.1 Å². The van der Waals surface area contributed by atoms with Crippen molar-refractivity contribution in [3.8, 4) is 0 Å². The molecule has 1 aliphatic rings. The SMILES string of the molecule is CC(C)NC(=O)c1ccc(N2CCC(NC(=O)c3cccs3)CC2)c([N+](=O)[O-])c1. The maximum atomic E-state index is 12.2. The van der Waals surface area contributed by atoms with Gasteiger partial charge in [0.05, 0.1) is 9.80 Å². The Labute approximate surface area is 173 Å². The number of nitrogens with one attached hydrogen (secondary N) is 2. The number of piperidine rings is 1. The van der Waals surface area contributed by atoms with E-state index in [9.17, 15) is 19.7 Å². The van der Waals surface area contributed by atoms with Crippen molar-refractivity contribution >= 4 is 34.5 Å². The van der Waals surface area contributed by atoms with Crippen molar-refractivity contribution in [2.24, 2.45) is 0 Å². The Morgan fingerprint density at radius 1 is 1.21 bits per heavy atom. The predicted molar refractivity (Wildman–Crippen MR) is 113 cm³/mol. The van der Waals surface area contributed by atoms with Gasteiger partial charge in [-0.05, 0) is 50.3 Å². The van der Waals surface area contributed by atoms with Crippen LogP contribution in [-0.4, -0.2) is 41.9 Å². The molecule has 0 saturated carbocycles. The first-order chi connectivity index (χ1) is 13.8. The van der Waals surface area contributed by atoms with Gasteiger partial charge in [0.2, 0.25) is 0 Å². The highest BCUT2D eigenvalue weighted by molar-refractivity contribution is 7.12. The van der Waals surface area contributed by atoms with Crippen LogP contribution in [-0.2, 0) is 0 Å². The van der Waals surface area contributed by atoms with E-state index < -0.39 is 4.92 Å². The van der Waals surface area contributed by atoms with Crippen LogP contribution in [0.2, 0.25) is 0 Å². The summed E-state index contributed by atoms with van der Waals surface area (Å²) >= 11 is 1.40. The van der Waals surface area contributed by atoms with Crippen LogP contribution in [0.5, 0.6) is 0 Å². The Bertz CT molecular complexity index is 890. The normalized spacial score (nSPS) is 14.7. The molecule has 2 heterocycles. The fourth-order valence-electron chi connectivity index (χ4n) is 3.35. The summed E-state index contributed by atoms with van der Waals surface area (Å²) in [6, 6.07) is 8.20. The number of carbonyl (C=O) groups is 2. The van der Waals surface area contributed by atoms with Crippen molar-refractivity contribution in [3.63, 3.8) is 0 Å². The molecule has 0 atom stereocenters. The van der Waals surface area contributed by atoms with Crippen molar-refractivity contribution < 1.29 is 14.5 Å². The van der Waals surface area contributed by atoms with Crippen LogP contribution in [0.25, 0.3) is 0 Å². The van der Waals surface area contributed by atoms with E-state index in [1.165, 1.54) is 17.4 Å². The molecule has 9 heteroatoms. The quantitative estimate of drug-likeness (QED) is 0.556. The van der Waals surface area contributed by atoms with Gasteiger partial charge in [-0.3, -0.25) is 19.7 Å². The van der Waals surface area contributed by atoms with Crippen LogP contribution in [0.1, 0.15) is 46.7 Å². The first kappa shape index (κ1) is 20.8. The van der Waals surface area contributed by atoms with E-state index >= 15 is 0 Å². The number of carbonyl (C=O) groups excluding carboxylic acids is 2. The molecule has 2 aromatic rings. The standard InChI is InChI=1S/C20H24N4O4S/c1-13(2)21-19(25)14-5-6-16(17(12-14)24(27)28)23-9-7-15(8-10-23)22-20(26)18-4-3-11-29-18/h3-6,11-13,15H,7-10H2,1-2H3,(H,21,25)(H,22,26). The molecule has 8 nitrogen and oxygen atoms in total. The minimum absolute atomic E-state index is 0.0380. The predicted octanol–water partition coefficient (Wildman–Crippen LogP) is 3.19. The molecule has 0 aliphatic carbocycles. The monoisotopic (exact) mass is 416 g/mol. The van der Waals surface area contributed by atoms with Crippen molar-refractivity contribution in [2.75, 3.05) is 18.0 Å². The second kappa shape index (κ2) is 9.04. The van der Waals surface area contributed by atoms with Crippen LogP contribution in [0.15, 0.2) is 35.7 Å². The van der Waals surface area contributed by atoms with Crippen LogP contribution < -0.4 is 15.5 Å². The lowest BCUT2D eigenvalue weighted by molar-refractivity contribution is -0.384. The largest absolute Gasteiger partial charge is 0.366 e. The van der Waals surface area contributed by atoms with Gasteiger partial charge in [-0.1, -0.05) is 6.07 Å². The number of nitro benzene ring substituents is 1. The molecule has 1 saturated heterocycles. The summed E-state index contributed by atoms with van der Waals surface area (Å²) in [6.07, 6.45) is 1.40. The average Bonchev–Trinajstić information content (AvgIpc) is 3.22. The van der Waals surface area contributed by atoms with E-state index in [2.05, 4.69) is 10.6 Å². The van der Waals surface area contributed by atoms with Crippen LogP contribution in [0.4, 0.5) is 11.4 Å². The van der Waals surface area contributed by atoms with Gasteiger partial charge in [0, 0.05) is 36.8 Å². The molecule has 2 N–H and O–H groups in total. The summed E-state index contributed by atoms with van der Waals surface area (Å²) in [5.41, 5.74) is 0.689. The van der Waals surface area contributed by atoms with E-state index in [1.807, 2.05) is 30.2 Å². The number of nitrogens with zero attached hydrogens (tertiary/aromatic N) is 2. The van der Waals surface area contributed by atoms with Crippen molar-refractivity contribution in [1.29, 1.82) is 0 Å². The molecule has 154 valence electrons. The summed E-state index contributed by atoms with van der Waals surface area (Å²) < 4.78 is 0. The van der Waals surface area contributed by atoms with Gasteiger partial charge in [-0.2, -0.15) is 0 Å². The molecule has 29 heavy (non-hydrogen) atoms. The topological polar surface area (TPSA) is 105 Å². The summed E-state index contributed by atoms with van der Waals surface area (Å²) in [6.45, 7) is 4.85. The van der Waals surface area contributed by atoms with Crippen molar-refractivity contribution in [3.05, 3.63) is 56.3 Å². The van der Waals surface area contributed by atoms with Gasteiger partial charge in [0.15, 0.2) is 0 Å². The number of amides is 2. The highest BCUT2D eigenvalue weighted by Gasteiger charge is 2.27. The van der Waals surface area contributed by atoms with Crippen molar-refractivity contribution in [2.45, 2.75) is 38.8 Å². The van der Waals surface area contributed by atoms with Crippen LogP contribution >= 0.6 is 11.3 Å². The number of anilines is 1. The maximum absolute atomic E-state index is 12.2. The summed E-state index contributed by atoms with van der Waals surface area (Å²) in [4.78, 5) is 38.1. The Balaban J connectivity index is 1.67. The first-order valence-electron chi connectivity index (χ1n) is 9.53. The molecular weight excluding hydrogens is 392 g/mol. The van der Waals surface area contributed by atoms with E-state index in [0.29, 0.717) is 36.5 Å². The molecule has 1 aromatic carbocycles. The average molecular weight is 417 g/mol. The van der Waals surface area contributed by atoms with Gasteiger partial charge >= 0.3 is 0 Å². The van der Waals surface area contributed by atoms with Crippen LogP contribution in [0, 0.1) is 10.1 Å². The second-order valence-corrected chi connectivity index (χ2v) is 8.25. The molecule has 0 bridgehead atoms. The third kappa shape index (κ3) is 5.11. The molecule has 3 rings (SSSR count). The Morgan fingerprint density at radius 2 is 1.93 bits per heavy atom. The molecule has 0 unspecified atom stereocenters. The lowest BCUT2D eigenvalue weighted by atomic mass is 10.0. The molecule has 2 amide bonds. The van der Waals surface area contributed by atoms with Crippen molar-refractivity contribution in [1.82, 2.24) is 10.6 Å². The zero-order valence-corrected chi connectivity index (χ0v) is 17.2. The van der Waals surface area contributed by atoms with Gasteiger partial charge < -0.3 is 15.5 Å². The molecule has 1 aromatic heterocycles. The minimum Gasteiger partial charge on any atom is -0.366 e.